The van der Waals surface area contributed by atoms with Gasteiger partial charge in [-0.15, -0.1) is 0 Å². The molecule has 1 heterocycles. The van der Waals surface area contributed by atoms with E-state index in [0.717, 1.165) is 0 Å². The average Bonchev–Trinajstić information content (AvgIpc) is 2.08. The van der Waals surface area contributed by atoms with Crippen molar-refractivity contribution in [1.29, 1.82) is 0 Å². The van der Waals surface area contributed by atoms with Crippen LogP contribution >= 0.6 is 0 Å². The molecule has 0 saturated carbocycles. The Bertz CT molecular complexity index is 162. The molecule has 2 nitrogen and oxygen atoms in total. The summed E-state index contributed by atoms with van der Waals surface area (Å²) in [5.74, 6) is 0. The van der Waals surface area contributed by atoms with E-state index in [0.29, 0.717) is 0 Å². The number of allylic oxidation sites excluding steroid dienone is 2. The maximum Gasteiger partial charge on any atom is 0.125 e. The third-order valence-electron chi connectivity index (χ3n) is 1.43. The molecule has 0 spiro atoms. The third kappa shape index (κ3) is 6.93. The number of rotatable bonds is 0. The van der Waals surface area contributed by atoms with Crippen LogP contribution in [0.5, 0.6) is 0 Å². The van der Waals surface area contributed by atoms with Gasteiger partial charge in [0.05, 0.1) is 0 Å². The second-order valence-electron chi connectivity index (χ2n) is 2.82. The molecular weight excluding hydrogens is 152 g/mol. The lowest BCUT2D eigenvalue weighted by Gasteiger charge is -1.94. The van der Waals surface area contributed by atoms with Gasteiger partial charge in [0.25, 0.3) is 0 Å². The highest BCUT2D eigenvalue weighted by molar-refractivity contribution is 5.02. The first-order valence-electron chi connectivity index (χ1n) is 3.86. The molecule has 68 valence electrons. The van der Waals surface area contributed by atoms with Crippen molar-refractivity contribution in [3.05, 3.63) is 36.2 Å². The molecule has 1 aliphatic rings. The van der Waals surface area contributed by atoms with E-state index in [-0.39, 0.29) is 0 Å². The highest BCUT2D eigenvalue weighted by atomic mass is 16.5. The van der Waals surface area contributed by atoms with Crippen molar-refractivity contribution in [2.24, 2.45) is 0 Å². The van der Waals surface area contributed by atoms with Crippen LogP contribution in [-0.2, 0) is 9.47 Å². The third-order valence-corrected chi connectivity index (χ3v) is 1.43. The Morgan fingerprint density at radius 3 is 1.00 bits per heavy atom. The van der Waals surface area contributed by atoms with Gasteiger partial charge in [-0.2, -0.15) is 0 Å². The zero-order valence-electron chi connectivity index (χ0n) is 8.13. The molecule has 0 aliphatic carbocycles. The van der Waals surface area contributed by atoms with Crippen molar-refractivity contribution in [2.75, 3.05) is 0 Å². The lowest BCUT2D eigenvalue weighted by Crippen LogP contribution is -1.74. The Morgan fingerprint density at radius 2 is 0.917 bits per heavy atom. The molecule has 0 aromatic carbocycles. The van der Waals surface area contributed by atoms with Gasteiger partial charge >= 0.3 is 0 Å². The lowest BCUT2D eigenvalue weighted by atomic mass is 10.2. The van der Waals surface area contributed by atoms with Gasteiger partial charge in [0, 0.05) is 0 Å². The van der Waals surface area contributed by atoms with Crippen molar-refractivity contribution < 1.29 is 9.47 Å². The SMILES string of the molecule is C1=COC=CO1.CC(C)=C(C)C. The quantitative estimate of drug-likeness (QED) is 0.516. The van der Waals surface area contributed by atoms with Crippen molar-refractivity contribution in [3.8, 4) is 0 Å². The molecule has 0 N–H and O–H groups in total. The molecule has 1 aliphatic heterocycles. The number of hydrogen-bond donors (Lipinski definition) is 0. The second kappa shape index (κ2) is 6.53. The van der Waals surface area contributed by atoms with Crippen LogP contribution in [0.1, 0.15) is 27.7 Å². The van der Waals surface area contributed by atoms with Gasteiger partial charge in [0.1, 0.15) is 25.0 Å². The minimum Gasteiger partial charge on any atom is -0.466 e. The van der Waals surface area contributed by atoms with Crippen LogP contribution in [0.25, 0.3) is 0 Å². The fraction of sp³-hybridized carbons (Fsp3) is 0.400. The molecule has 2 heteroatoms. The molecule has 0 aromatic rings. The molecule has 0 fully saturated rings. The molecule has 0 radical (unpaired) electrons. The molecule has 0 atom stereocenters. The number of ether oxygens (including phenoxy) is 2. The van der Waals surface area contributed by atoms with Crippen molar-refractivity contribution >= 4 is 0 Å². The van der Waals surface area contributed by atoms with E-state index < -0.39 is 0 Å². The fourth-order valence-electron chi connectivity index (χ4n) is 0.219. The normalized spacial score (nSPS) is 12.0. The van der Waals surface area contributed by atoms with E-state index in [9.17, 15) is 0 Å². The molecular formula is C10H16O2. The smallest absolute Gasteiger partial charge is 0.125 e. The highest BCUT2D eigenvalue weighted by Crippen LogP contribution is 1.97. The van der Waals surface area contributed by atoms with Gasteiger partial charge in [0.2, 0.25) is 0 Å². The van der Waals surface area contributed by atoms with E-state index in [1.807, 2.05) is 0 Å². The van der Waals surface area contributed by atoms with Crippen molar-refractivity contribution in [1.82, 2.24) is 0 Å². The summed E-state index contributed by atoms with van der Waals surface area (Å²) in [6, 6.07) is 0. The van der Waals surface area contributed by atoms with Gasteiger partial charge in [-0.25, -0.2) is 0 Å². The summed E-state index contributed by atoms with van der Waals surface area (Å²) in [7, 11) is 0. The van der Waals surface area contributed by atoms with Crippen LogP contribution < -0.4 is 0 Å². The minimum atomic E-state index is 1.43. The summed E-state index contributed by atoms with van der Waals surface area (Å²) in [6.07, 6.45) is 5.83. The largest absolute Gasteiger partial charge is 0.466 e. The minimum absolute atomic E-state index is 1.43. The maximum absolute atomic E-state index is 4.58. The van der Waals surface area contributed by atoms with E-state index in [1.165, 1.54) is 36.2 Å². The van der Waals surface area contributed by atoms with Gasteiger partial charge in [-0.1, -0.05) is 11.1 Å². The zero-order chi connectivity index (χ0) is 9.40. The van der Waals surface area contributed by atoms with Gasteiger partial charge in [0.15, 0.2) is 0 Å². The Hall–Kier alpha value is -1.18. The summed E-state index contributed by atoms with van der Waals surface area (Å²) in [4.78, 5) is 0. The highest BCUT2D eigenvalue weighted by Gasteiger charge is 1.75. The Kier molecular flexibility index (Phi) is 5.88. The van der Waals surface area contributed by atoms with E-state index >= 15 is 0 Å². The molecule has 1 rings (SSSR count). The molecule has 12 heavy (non-hydrogen) atoms. The molecule has 0 bridgehead atoms. The molecule has 0 amide bonds. The van der Waals surface area contributed by atoms with Crippen LogP contribution in [0.15, 0.2) is 36.2 Å². The molecule has 0 aromatic heterocycles. The summed E-state index contributed by atoms with van der Waals surface area (Å²) >= 11 is 0. The monoisotopic (exact) mass is 168 g/mol. The first-order chi connectivity index (χ1) is 5.64. The molecule has 0 unspecified atom stereocenters. The lowest BCUT2D eigenvalue weighted by molar-refractivity contribution is 0.290. The van der Waals surface area contributed by atoms with Crippen LogP contribution in [0, 0.1) is 0 Å². The fourth-order valence-corrected chi connectivity index (χ4v) is 0.219. The summed E-state index contributed by atoms with van der Waals surface area (Å²) in [6.45, 7) is 8.48. The van der Waals surface area contributed by atoms with Crippen LogP contribution in [0.2, 0.25) is 0 Å². The van der Waals surface area contributed by atoms with Gasteiger partial charge in [-0.05, 0) is 27.7 Å². The predicted octanol–water partition coefficient (Wildman–Crippen LogP) is 3.34. The predicted molar refractivity (Wildman–Crippen MR) is 50.2 cm³/mol. The van der Waals surface area contributed by atoms with Crippen LogP contribution in [0.3, 0.4) is 0 Å². The second-order valence-corrected chi connectivity index (χ2v) is 2.82. The average molecular weight is 168 g/mol. The standard InChI is InChI=1S/C6H12.C4H4O2/c1-5(2)6(3)4;1-2-6-4-3-5-1/h1-4H3;1-4H. The van der Waals surface area contributed by atoms with E-state index in [2.05, 4.69) is 37.2 Å². The maximum atomic E-state index is 4.58. The Morgan fingerprint density at radius 1 is 0.667 bits per heavy atom. The van der Waals surface area contributed by atoms with Crippen LogP contribution in [-0.4, -0.2) is 0 Å². The first-order valence-corrected chi connectivity index (χ1v) is 3.86. The van der Waals surface area contributed by atoms with Crippen molar-refractivity contribution in [3.63, 3.8) is 0 Å². The van der Waals surface area contributed by atoms with E-state index in [4.69, 9.17) is 0 Å². The summed E-state index contributed by atoms with van der Waals surface area (Å²) in [5.41, 5.74) is 2.85. The van der Waals surface area contributed by atoms with E-state index in [1.54, 1.807) is 0 Å². The Labute approximate surface area is 74.2 Å². The van der Waals surface area contributed by atoms with Gasteiger partial charge < -0.3 is 9.47 Å². The first kappa shape index (κ1) is 10.8. The molecule has 0 saturated heterocycles. The number of hydrogen-bond acceptors (Lipinski definition) is 2. The van der Waals surface area contributed by atoms with Gasteiger partial charge in [-0.3, -0.25) is 0 Å². The summed E-state index contributed by atoms with van der Waals surface area (Å²) < 4.78 is 9.17. The van der Waals surface area contributed by atoms with Crippen molar-refractivity contribution in [2.45, 2.75) is 27.7 Å². The van der Waals surface area contributed by atoms with Crippen LogP contribution in [0.4, 0.5) is 0 Å². The topological polar surface area (TPSA) is 18.5 Å². The zero-order valence-corrected chi connectivity index (χ0v) is 8.13. The summed E-state index contributed by atoms with van der Waals surface area (Å²) in [5, 5.41) is 0. The Balaban J connectivity index is 0.000000202.